The van der Waals surface area contributed by atoms with Gasteiger partial charge in [0.05, 0.1) is 36.2 Å². The Hall–Kier alpha value is -3.11. The van der Waals surface area contributed by atoms with Gasteiger partial charge in [0.15, 0.2) is 5.65 Å². The van der Waals surface area contributed by atoms with Gasteiger partial charge in [-0.05, 0) is 50.8 Å². The lowest BCUT2D eigenvalue weighted by molar-refractivity contribution is 0.00396. The molecular weight excluding hydrogens is 505 g/mol. The molecule has 2 aliphatic rings. The molecule has 1 aliphatic heterocycles. The van der Waals surface area contributed by atoms with Crippen molar-refractivity contribution in [2.24, 2.45) is 0 Å². The van der Waals surface area contributed by atoms with Crippen LogP contribution in [-0.4, -0.2) is 42.7 Å². The molecule has 6 rings (SSSR count). The lowest BCUT2D eigenvalue weighted by atomic mass is 9.92. The molecule has 1 saturated carbocycles. The van der Waals surface area contributed by atoms with Gasteiger partial charge in [-0.1, -0.05) is 11.6 Å². The summed E-state index contributed by atoms with van der Waals surface area (Å²) in [5.74, 6) is -0.212. The molecule has 0 amide bonds. The lowest BCUT2D eigenvalue weighted by Gasteiger charge is -2.28. The highest BCUT2D eigenvalue weighted by atomic mass is 35.5. The van der Waals surface area contributed by atoms with Crippen molar-refractivity contribution in [2.45, 2.75) is 63.5 Å². The number of benzene rings is 1. The summed E-state index contributed by atoms with van der Waals surface area (Å²) < 4.78 is 49.4. The van der Waals surface area contributed by atoms with E-state index in [-0.39, 0.29) is 45.2 Å². The third kappa shape index (κ3) is 4.92. The Morgan fingerprint density at radius 3 is 2.73 bits per heavy atom. The topological polar surface area (TPSA) is 78.6 Å². The van der Waals surface area contributed by atoms with Crippen LogP contribution in [0, 0.1) is 12.7 Å². The van der Waals surface area contributed by atoms with Gasteiger partial charge in [-0.15, -0.1) is 0 Å². The number of halogens is 4. The van der Waals surface area contributed by atoms with E-state index < -0.39 is 18.7 Å². The van der Waals surface area contributed by atoms with Crippen molar-refractivity contribution in [3.8, 4) is 11.3 Å². The Labute approximate surface area is 216 Å². The SMILES string of the molecule is Cc1nc2c(-c3ccc(Cl)cc3F)nc([C@@H]3CCO[C@@H](c4cnn(C5CC5)c4)C3)nc2nc1CC(F)F. The van der Waals surface area contributed by atoms with Crippen molar-refractivity contribution in [1.82, 2.24) is 29.7 Å². The molecule has 192 valence electrons. The summed E-state index contributed by atoms with van der Waals surface area (Å²) in [6.07, 6.45) is 4.11. The Balaban J connectivity index is 1.42. The average molecular weight is 529 g/mol. The fourth-order valence-corrected chi connectivity index (χ4v) is 4.95. The van der Waals surface area contributed by atoms with Crippen molar-refractivity contribution in [3.05, 3.63) is 64.2 Å². The molecule has 0 radical (unpaired) electrons. The first-order valence-corrected chi connectivity index (χ1v) is 12.7. The summed E-state index contributed by atoms with van der Waals surface area (Å²) >= 11 is 5.98. The fraction of sp³-hybridized carbons (Fsp3) is 0.423. The summed E-state index contributed by atoms with van der Waals surface area (Å²) in [4.78, 5) is 18.3. The minimum atomic E-state index is -2.58. The quantitative estimate of drug-likeness (QED) is 0.298. The van der Waals surface area contributed by atoms with Crippen LogP contribution in [0.2, 0.25) is 5.02 Å². The van der Waals surface area contributed by atoms with Crippen LogP contribution in [0.4, 0.5) is 13.2 Å². The van der Waals surface area contributed by atoms with Crippen LogP contribution in [0.5, 0.6) is 0 Å². The normalized spacial score (nSPS) is 20.2. The molecule has 2 fully saturated rings. The minimum Gasteiger partial charge on any atom is -0.373 e. The second-order valence-electron chi connectivity index (χ2n) is 9.64. The first kappa shape index (κ1) is 24.2. The second kappa shape index (κ2) is 9.64. The maximum atomic E-state index is 15.0. The number of ether oxygens (including phenoxy) is 1. The Kier molecular flexibility index (Phi) is 6.32. The maximum absolute atomic E-state index is 15.0. The standard InChI is InChI=1S/C26H24ClF3N6O/c1-13-20(10-22(29)30)33-26-24(32-13)23(18-5-2-16(27)9-19(18)28)34-25(35-26)14-6-7-37-21(8-14)15-11-31-36(12-15)17-3-4-17/h2,5,9,11-12,14,17,21-22H,3-4,6-8,10H2,1H3/t14-,21-/m1/s1. The van der Waals surface area contributed by atoms with E-state index in [4.69, 9.17) is 21.3 Å². The van der Waals surface area contributed by atoms with Gasteiger partial charge in [-0.25, -0.2) is 33.1 Å². The van der Waals surface area contributed by atoms with Gasteiger partial charge in [-0.2, -0.15) is 5.10 Å². The van der Waals surface area contributed by atoms with Gasteiger partial charge in [0, 0.05) is 34.9 Å². The summed E-state index contributed by atoms with van der Waals surface area (Å²) in [5.41, 5.74) is 2.37. The average Bonchev–Trinajstić information content (AvgIpc) is 3.60. The zero-order valence-electron chi connectivity index (χ0n) is 20.0. The molecule has 1 saturated heterocycles. The Morgan fingerprint density at radius 2 is 1.97 bits per heavy atom. The van der Waals surface area contributed by atoms with Crippen LogP contribution in [0.25, 0.3) is 22.4 Å². The highest BCUT2D eigenvalue weighted by molar-refractivity contribution is 6.30. The molecule has 11 heteroatoms. The third-order valence-electron chi connectivity index (χ3n) is 6.92. The van der Waals surface area contributed by atoms with Gasteiger partial charge in [-0.3, -0.25) is 4.68 Å². The molecule has 0 N–H and O–H groups in total. The van der Waals surface area contributed by atoms with Gasteiger partial charge in [0.2, 0.25) is 6.43 Å². The molecule has 2 atom stereocenters. The van der Waals surface area contributed by atoms with Crippen molar-refractivity contribution in [1.29, 1.82) is 0 Å². The lowest BCUT2D eigenvalue weighted by Crippen LogP contribution is -2.20. The first-order chi connectivity index (χ1) is 17.9. The molecule has 37 heavy (non-hydrogen) atoms. The molecule has 3 aromatic heterocycles. The summed E-state index contributed by atoms with van der Waals surface area (Å²) in [7, 11) is 0. The molecule has 4 heterocycles. The van der Waals surface area contributed by atoms with E-state index in [1.807, 2.05) is 17.1 Å². The number of hydrogen-bond acceptors (Lipinski definition) is 6. The highest BCUT2D eigenvalue weighted by Crippen LogP contribution is 2.40. The zero-order valence-corrected chi connectivity index (χ0v) is 20.8. The van der Waals surface area contributed by atoms with Crippen LogP contribution < -0.4 is 0 Å². The number of hydrogen-bond donors (Lipinski definition) is 0. The molecule has 1 aromatic carbocycles. The van der Waals surface area contributed by atoms with Crippen molar-refractivity contribution in [3.63, 3.8) is 0 Å². The molecular formula is C26H24ClF3N6O. The summed E-state index contributed by atoms with van der Waals surface area (Å²) in [6.45, 7) is 2.09. The van der Waals surface area contributed by atoms with Gasteiger partial charge < -0.3 is 4.74 Å². The van der Waals surface area contributed by atoms with Gasteiger partial charge in [0.25, 0.3) is 0 Å². The molecule has 1 aliphatic carbocycles. The Morgan fingerprint density at radius 1 is 1.14 bits per heavy atom. The predicted octanol–water partition coefficient (Wildman–Crippen LogP) is 6.16. The zero-order chi connectivity index (χ0) is 25.7. The van der Waals surface area contributed by atoms with E-state index in [2.05, 4.69) is 20.1 Å². The monoisotopic (exact) mass is 528 g/mol. The summed E-state index contributed by atoms with van der Waals surface area (Å²) in [6, 6.07) is 4.78. The largest absolute Gasteiger partial charge is 0.373 e. The van der Waals surface area contributed by atoms with Crippen LogP contribution in [0.3, 0.4) is 0 Å². The number of aromatic nitrogens is 6. The summed E-state index contributed by atoms with van der Waals surface area (Å²) in [5, 5.41) is 4.73. The van der Waals surface area contributed by atoms with Gasteiger partial charge in [0.1, 0.15) is 22.9 Å². The van der Waals surface area contributed by atoms with E-state index >= 15 is 4.39 Å². The number of aryl methyl sites for hydroxylation is 1. The predicted molar refractivity (Wildman–Crippen MR) is 131 cm³/mol. The Bertz CT molecular complexity index is 1470. The van der Waals surface area contributed by atoms with E-state index in [1.165, 1.54) is 12.1 Å². The van der Waals surface area contributed by atoms with Crippen LogP contribution in [0.1, 0.15) is 66.5 Å². The van der Waals surface area contributed by atoms with E-state index in [0.717, 1.165) is 18.4 Å². The van der Waals surface area contributed by atoms with Crippen molar-refractivity contribution in [2.75, 3.05) is 6.61 Å². The maximum Gasteiger partial charge on any atom is 0.244 e. The van der Waals surface area contributed by atoms with Crippen LogP contribution in [0.15, 0.2) is 30.6 Å². The van der Waals surface area contributed by atoms with E-state index in [1.54, 1.807) is 13.0 Å². The number of rotatable bonds is 6. The first-order valence-electron chi connectivity index (χ1n) is 12.3. The number of nitrogens with zero attached hydrogens (tertiary/aromatic N) is 6. The molecule has 0 bridgehead atoms. The highest BCUT2D eigenvalue weighted by Gasteiger charge is 2.31. The molecule has 7 nitrogen and oxygen atoms in total. The smallest absolute Gasteiger partial charge is 0.244 e. The van der Waals surface area contributed by atoms with Crippen molar-refractivity contribution >= 4 is 22.8 Å². The van der Waals surface area contributed by atoms with E-state index in [9.17, 15) is 8.78 Å². The van der Waals surface area contributed by atoms with Crippen LogP contribution in [-0.2, 0) is 11.2 Å². The molecule has 4 aromatic rings. The fourth-order valence-electron chi connectivity index (χ4n) is 4.79. The van der Waals surface area contributed by atoms with Gasteiger partial charge >= 0.3 is 0 Å². The third-order valence-corrected chi connectivity index (χ3v) is 7.15. The molecule has 0 spiro atoms. The molecule has 0 unspecified atom stereocenters. The number of fused-ring (bicyclic) bond motifs is 1. The van der Waals surface area contributed by atoms with Crippen molar-refractivity contribution < 1.29 is 17.9 Å². The second-order valence-corrected chi connectivity index (χ2v) is 10.1. The number of alkyl halides is 2. The van der Waals surface area contributed by atoms with E-state index in [0.29, 0.717) is 37.0 Å². The minimum absolute atomic E-state index is 0.108. The van der Waals surface area contributed by atoms with Crippen LogP contribution >= 0.6 is 11.6 Å².